The quantitative estimate of drug-likeness (QED) is 0.437. The Labute approximate surface area is 177 Å². The van der Waals surface area contributed by atoms with E-state index in [9.17, 15) is 4.79 Å². The Morgan fingerprint density at radius 1 is 1.10 bits per heavy atom. The molecule has 29 heavy (non-hydrogen) atoms. The molecule has 0 aliphatic carbocycles. The molecule has 1 heterocycles. The smallest absolute Gasteiger partial charge is 0.411 e. The zero-order chi connectivity index (χ0) is 20.9. The van der Waals surface area contributed by atoms with E-state index in [2.05, 4.69) is 31.0 Å². The average Bonchev–Trinajstić information content (AvgIpc) is 2.72. The van der Waals surface area contributed by atoms with Crippen molar-refractivity contribution in [1.82, 2.24) is 4.90 Å². The molecule has 0 aromatic heterocycles. The first kappa shape index (κ1) is 23.5. The minimum Gasteiger partial charge on any atom is -0.491 e. The van der Waals surface area contributed by atoms with E-state index >= 15 is 0 Å². The third-order valence-electron chi connectivity index (χ3n) is 5.84. The molecule has 1 fully saturated rings. The molecular weight excluding hydrogens is 364 g/mol. The van der Waals surface area contributed by atoms with Crippen molar-refractivity contribution in [1.29, 1.82) is 0 Å². The van der Waals surface area contributed by atoms with E-state index in [1.54, 1.807) is 0 Å². The van der Waals surface area contributed by atoms with Gasteiger partial charge in [-0.2, -0.15) is 0 Å². The first-order chi connectivity index (χ1) is 14.1. The molecule has 0 spiro atoms. The van der Waals surface area contributed by atoms with Gasteiger partial charge in [0.25, 0.3) is 0 Å². The molecular formula is C24H40N2O3. The summed E-state index contributed by atoms with van der Waals surface area (Å²) in [5.41, 5.74) is 0.670. The number of para-hydroxylation sites is 2. The molecule has 2 rings (SSSR count). The zero-order valence-corrected chi connectivity index (χ0v) is 18.6. The Balaban J connectivity index is 1.66. The van der Waals surface area contributed by atoms with E-state index in [1.165, 1.54) is 38.5 Å². The van der Waals surface area contributed by atoms with E-state index in [0.717, 1.165) is 37.9 Å². The number of nitrogens with one attached hydrogen (secondary N) is 1. The maximum atomic E-state index is 12.2. The van der Waals surface area contributed by atoms with Crippen LogP contribution in [0.2, 0.25) is 0 Å². The maximum Gasteiger partial charge on any atom is 0.411 e. The van der Waals surface area contributed by atoms with Crippen LogP contribution in [0.5, 0.6) is 5.75 Å². The van der Waals surface area contributed by atoms with Gasteiger partial charge in [-0.25, -0.2) is 4.79 Å². The topological polar surface area (TPSA) is 50.8 Å². The van der Waals surface area contributed by atoms with Crippen LogP contribution in [0.25, 0.3) is 0 Å². The molecule has 0 bridgehead atoms. The third kappa shape index (κ3) is 9.07. The predicted octanol–water partition coefficient (Wildman–Crippen LogP) is 5.95. The fourth-order valence-corrected chi connectivity index (χ4v) is 3.84. The summed E-state index contributed by atoms with van der Waals surface area (Å²) in [4.78, 5) is 14.6. The van der Waals surface area contributed by atoms with Gasteiger partial charge in [0, 0.05) is 6.54 Å². The Bertz CT molecular complexity index is 583. The number of piperidine rings is 1. The Morgan fingerprint density at radius 2 is 1.83 bits per heavy atom. The summed E-state index contributed by atoms with van der Waals surface area (Å²) in [6.07, 6.45) is 8.06. The van der Waals surface area contributed by atoms with Crippen LogP contribution in [0.1, 0.15) is 65.7 Å². The molecule has 1 aromatic carbocycles. The summed E-state index contributed by atoms with van der Waals surface area (Å²) < 4.78 is 11.3. The molecule has 1 aliphatic heterocycles. The van der Waals surface area contributed by atoms with E-state index in [4.69, 9.17) is 9.47 Å². The van der Waals surface area contributed by atoms with Gasteiger partial charge in [-0.05, 0) is 56.3 Å². The Hall–Kier alpha value is -1.75. The van der Waals surface area contributed by atoms with Gasteiger partial charge in [-0.15, -0.1) is 0 Å². The molecule has 1 aliphatic rings. The number of likely N-dealkylation sites (tertiary alicyclic amines) is 1. The summed E-state index contributed by atoms with van der Waals surface area (Å²) >= 11 is 0. The highest BCUT2D eigenvalue weighted by Crippen LogP contribution is 2.25. The van der Waals surface area contributed by atoms with E-state index in [-0.39, 0.29) is 0 Å². The first-order valence-corrected chi connectivity index (χ1v) is 11.5. The van der Waals surface area contributed by atoms with Gasteiger partial charge in [0.2, 0.25) is 0 Å². The number of hydrogen-bond donors (Lipinski definition) is 1. The minimum atomic E-state index is -0.416. The van der Waals surface area contributed by atoms with Gasteiger partial charge >= 0.3 is 6.09 Å². The summed E-state index contributed by atoms with van der Waals surface area (Å²) in [6, 6.07) is 7.55. The van der Waals surface area contributed by atoms with Crippen molar-refractivity contribution in [2.24, 2.45) is 11.8 Å². The van der Waals surface area contributed by atoms with Gasteiger partial charge in [0.1, 0.15) is 12.4 Å². The van der Waals surface area contributed by atoms with Crippen molar-refractivity contribution in [2.45, 2.75) is 65.7 Å². The zero-order valence-electron chi connectivity index (χ0n) is 18.6. The standard InChI is InChI=1S/C24H40N2O3/c1-4-5-6-7-10-18-28-23-12-9-8-11-22(23)25-24(27)29-19-17-26-15-13-21(14-16-26)20(2)3/h8-9,11-12,20-21H,4-7,10,13-19H2,1-3H3,(H,25,27). The SMILES string of the molecule is CCCCCCCOc1ccccc1NC(=O)OCCN1CCC(C(C)C)CC1. The number of ether oxygens (including phenoxy) is 2. The lowest BCUT2D eigenvalue weighted by atomic mass is 9.87. The molecule has 1 amide bonds. The molecule has 0 saturated carbocycles. The summed E-state index contributed by atoms with van der Waals surface area (Å²) in [7, 11) is 0. The maximum absolute atomic E-state index is 12.2. The molecule has 164 valence electrons. The van der Waals surface area contributed by atoms with Gasteiger partial charge in [-0.1, -0.05) is 58.6 Å². The molecule has 1 N–H and O–H groups in total. The van der Waals surface area contributed by atoms with E-state index in [0.29, 0.717) is 24.7 Å². The number of hydrogen-bond acceptors (Lipinski definition) is 4. The monoisotopic (exact) mass is 404 g/mol. The lowest BCUT2D eigenvalue weighted by Gasteiger charge is -2.33. The lowest BCUT2D eigenvalue weighted by molar-refractivity contribution is 0.112. The molecule has 0 atom stereocenters. The van der Waals surface area contributed by atoms with Gasteiger partial charge in [0.05, 0.1) is 12.3 Å². The highest BCUT2D eigenvalue weighted by Gasteiger charge is 2.21. The van der Waals surface area contributed by atoms with Crippen LogP contribution in [0, 0.1) is 11.8 Å². The van der Waals surface area contributed by atoms with Gasteiger partial charge < -0.3 is 9.47 Å². The van der Waals surface area contributed by atoms with Crippen LogP contribution < -0.4 is 10.1 Å². The van der Waals surface area contributed by atoms with E-state index < -0.39 is 6.09 Å². The Kier molecular flexibility index (Phi) is 10.9. The highest BCUT2D eigenvalue weighted by molar-refractivity contribution is 5.86. The van der Waals surface area contributed by atoms with Crippen molar-refractivity contribution in [2.75, 3.05) is 38.2 Å². The number of rotatable bonds is 12. The molecule has 0 radical (unpaired) electrons. The second kappa shape index (κ2) is 13.5. The lowest BCUT2D eigenvalue weighted by Crippen LogP contribution is -2.37. The van der Waals surface area contributed by atoms with Crippen LogP contribution in [0.4, 0.5) is 10.5 Å². The fourth-order valence-electron chi connectivity index (χ4n) is 3.84. The summed E-state index contributed by atoms with van der Waals surface area (Å²) in [5.74, 6) is 2.30. The highest BCUT2D eigenvalue weighted by atomic mass is 16.5. The molecule has 5 heteroatoms. The number of carbonyl (C=O) groups is 1. The average molecular weight is 405 g/mol. The summed E-state index contributed by atoms with van der Waals surface area (Å²) in [5, 5.41) is 2.83. The van der Waals surface area contributed by atoms with Crippen molar-refractivity contribution >= 4 is 11.8 Å². The third-order valence-corrected chi connectivity index (χ3v) is 5.84. The predicted molar refractivity (Wildman–Crippen MR) is 120 cm³/mol. The number of amides is 1. The molecule has 5 nitrogen and oxygen atoms in total. The fraction of sp³-hybridized carbons (Fsp3) is 0.708. The minimum absolute atomic E-state index is 0.415. The number of unbranched alkanes of at least 4 members (excludes halogenated alkanes) is 4. The van der Waals surface area contributed by atoms with Gasteiger partial charge in [-0.3, -0.25) is 10.2 Å². The molecule has 0 unspecified atom stereocenters. The second-order valence-electron chi connectivity index (χ2n) is 8.44. The number of anilines is 1. The Morgan fingerprint density at radius 3 is 2.55 bits per heavy atom. The van der Waals surface area contributed by atoms with Crippen LogP contribution >= 0.6 is 0 Å². The van der Waals surface area contributed by atoms with Gasteiger partial charge in [0.15, 0.2) is 0 Å². The summed E-state index contributed by atoms with van der Waals surface area (Å²) in [6.45, 7) is 10.9. The first-order valence-electron chi connectivity index (χ1n) is 11.5. The van der Waals surface area contributed by atoms with E-state index in [1.807, 2.05) is 24.3 Å². The number of nitrogens with zero attached hydrogens (tertiary/aromatic N) is 1. The molecule has 1 aromatic rings. The number of benzene rings is 1. The van der Waals surface area contributed by atoms with Crippen molar-refractivity contribution < 1.29 is 14.3 Å². The second-order valence-corrected chi connectivity index (χ2v) is 8.44. The van der Waals surface area contributed by atoms with Crippen LogP contribution in [-0.2, 0) is 4.74 Å². The van der Waals surface area contributed by atoms with Crippen molar-refractivity contribution in [3.8, 4) is 5.75 Å². The molecule has 1 saturated heterocycles. The van der Waals surface area contributed by atoms with Crippen molar-refractivity contribution in [3.05, 3.63) is 24.3 Å². The van der Waals surface area contributed by atoms with Crippen LogP contribution in [-0.4, -0.2) is 43.8 Å². The van der Waals surface area contributed by atoms with Crippen molar-refractivity contribution in [3.63, 3.8) is 0 Å². The number of carbonyl (C=O) groups excluding carboxylic acids is 1. The normalized spacial score (nSPS) is 15.4. The largest absolute Gasteiger partial charge is 0.491 e. The van der Waals surface area contributed by atoms with Crippen LogP contribution in [0.15, 0.2) is 24.3 Å². The van der Waals surface area contributed by atoms with Crippen LogP contribution in [0.3, 0.4) is 0 Å².